The highest BCUT2D eigenvalue weighted by atomic mass is 16.5. The number of nitrogens with zero attached hydrogens (tertiary/aromatic N) is 2. The number of carbonyl (C=O) groups is 1. The molecule has 8 heteroatoms. The summed E-state index contributed by atoms with van der Waals surface area (Å²) in [5, 5.41) is 6.47. The monoisotopic (exact) mass is 482 g/mol. The summed E-state index contributed by atoms with van der Waals surface area (Å²) in [5.41, 5.74) is 2.75. The standard InChI is InChI=1S/C28H26N4O4/c1-34-22-12-9-20(10-13-22)31-28-23(7-5-17-30-28)24(33)14-8-19-6-4-16-29-27(19)32-21-11-15-25(35-2)26(18-21)36-3/h4-18H,1-3H3,(H,29,32)(H,30,31). The average molecular weight is 483 g/mol. The maximum Gasteiger partial charge on any atom is 0.189 e. The van der Waals surface area contributed by atoms with Gasteiger partial charge in [-0.05, 0) is 72.8 Å². The van der Waals surface area contributed by atoms with Crippen molar-refractivity contribution in [1.82, 2.24) is 9.97 Å². The normalized spacial score (nSPS) is 10.6. The van der Waals surface area contributed by atoms with Gasteiger partial charge in [-0.2, -0.15) is 0 Å². The van der Waals surface area contributed by atoms with Gasteiger partial charge in [-0.15, -0.1) is 0 Å². The Kier molecular flexibility index (Phi) is 7.77. The number of pyridine rings is 2. The van der Waals surface area contributed by atoms with Crippen LogP contribution in [-0.4, -0.2) is 37.1 Å². The number of nitrogens with one attached hydrogen (secondary N) is 2. The molecule has 0 aliphatic carbocycles. The summed E-state index contributed by atoms with van der Waals surface area (Å²) in [5.74, 6) is 2.84. The van der Waals surface area contributed by atoms with E-state index in [4.69, 9.17) is 14.2 Å². The van der Waals surface area contributed by atoms with Crippen molar-refractivity contribution in [2.45, 2.75) is 0 Å². The van der Waals surface area contributed by atoms with Gasteiger partial charge in [0.25, 0.3) is 0 Å². The zero-order valence-corrected chi connectivity index (χ0v) is 20.2. The van der Waals surface area contributed by atoms with Crippen LogP contribution < -0.4 is 24.8 Å². The minimum atomic E-state index is -0.194. The maximum absolute atomic E-state index is 13.1. The lowest BCUT2D eigenvalue weighted by molar-refractivity contribution is 0.104. The van der Waals surface area contributed by atoms with Gasteiger partial charge < -0.3 is 24.8 Å². The Morgan fingerprint density at radius 1 is 0.750 bits per heavy atom. The van der Waals surface area contributed by atoms with Crippen LogP contribution in [0.5, 0.6) is 17.2 Å². The Morgan fingerprint density at radius 2 is 1.42 bits per heavy atom. The molecular formula is C28H26N4O4. The highest BCUT2D eigenvalue weighted by molar-refractivity contribution is 6.10. The molecule has 0 atom stereocenters. The van der Waals surface area contributed by atoms with Gasteiger partial charge in [-0.3, -0.25) is 4.79 Å². The van der Waals surface area contributed by atoms with Crippen molar-refractivity contribution in [2.75, 3.05) is 32.0 Å². The lowest BCUT2D eigenvalue weighted by Gasteiger charge is -2.12. The topological polar surface area (TPSA) is 94.6 Å². The first-order chi connectivity index (χ1) is 17.6. The van der Waals surface area contributed by atoms with E-state index in [0.29, 0.717) is 28.7 Å². The first-order valence-corrected chi connectivity index (χ1v) is 11.1. The molecule has 2 aromatic carbocycles. The van der Waals surface area contributed by atoms with E-state index in [-0.39, 0.29) is 5.78 Å². The van der Waals surface area contributed by atoms with Gasteiger partial charge in [-0.25, -0.2) is 9.97 Å². The number of allylic oxidation sites excluding steroid dienone is 1. The number of hydrogen-bond acceptors (Lipinski definition) is 8. The molecule has 0 unspecified atom stereocenters. The van der Waals surface area contributed by atoms with Crippen LogP contribution in [0, 0.1) is 0 Å². The third-order valence-corrected chi connectivity index (χ3v) is 5.33. The number of aromatic nitrogens is 2. The smallest absolute Gasteiger partial charge is 0.189 e. The van der Waals surface area contributed by atoms with E-state index >= 15 is 0 Å². The summed E-state index contributed by atoms with van der Waals surface area (Å²) >= 11 is 0. The third-order valence-electron chi connectivity index (χ3n) is 5.33. The predicted molar refractivity (Wildman–Crippen MR) is 141 cm³/mol. The molecule has 36 heavy (non-hydrogen) atoms. The lowest BCUT2D eigenvalue weighted by Crippen LogP contribution is -2.03. The highest BCUT2D eigenvalue weighted by Crippen LogP contribution is 2.31. The van der Waals surface area contributed by atoms with E-state index in [2.05, 4.69) is 20.6 Å². The van der Waals surface area contributed by atoms with Crippen LogP contribution in [0.3, 0.4) is 0 Å². The molecule has 0 fully saturated rings. The van der Waals surface area contributed by atoms with Crippen molar-refractivity contribution in [2.24, 2.45) is 0 Å². The van der Waals surface area contributed by atoms with Crippen LogP contribution in [0.25, 0.3) is 6.08 Å². The number of methoxy groups -OCH3 is 3. The fourth-order valence-corrected chi connectivity index (χ4v) is 3.48. The fourth-order valence-electron chi connectivity index (χ4n) is 3.48. The minimum Gasteiger partial charge on any atom is -0.497 e. The third kappa shape index (κ3) is 5.79. The Bertz CT molecular complexity index is 1370. The summed E-state index contributed by atoms with van der Waals surface area (Å²) in [6.07, 6.45) is 6.55. The van der Waals surface area contributed by atoms with Crippen molar-refractivity contribution < 1.29 is 19.0 Å². The van der Waals surface area contributed by atoms with Gasteiger partial charge in [0.2, 0.25) is 0 Å². The molecule has 2 aromatic heterocycles. The van der Waals surface area contributed by atoms with E-state index in [0.717, 1.165) is 22.7 Å². The van der Waals surface area contributed by atoms with Gasteiger partial charge in [0.1, 0.15) is 17.4 Å². The summed E-state index contributed by atoms with van der Waals surface area (Å²) < 4.78 is 15.9. The zero-order chi connectivity index (χ0) is 25.3. The number of carbonyl (C=O) groups excluding carboxylic acids is 1. The molecule has 0 saturated heterocycles. The molecule has 0 spiro atoms. The van der Waals surface area contributed by atoms with Gasteiger partial charge in [0, 0.05) is 35.4 Å². The number of rotatable bonds is 10. The maximum atomic E-state index is 13.1. The molecular weight excluding hydrogens is 456 g/mol. The molecule has 4 rings (SSSR count). The van der Waals surface area contributed by atoms with Crippen molar-refractivity contribution in [1.29, 1.82) is 0 Å². The summed E-state index contributed by atoms with van der Waals surface area (Å²) in [4.78, 5) is 21.9. The molecule has 2 N–H and O–H groups in total. The quantitative estimate of drug-likeness (QED) is 0.214. The predicted octanol–water partition coefficient (Wildman–Crippen LogP) is 5.89. The van der Waals surface area contributed by atoms with Gasteiger partial charge in [0.05, 0.1) is 26.9 Å². The Morgan fingerprint density at radius 3 is 2.14 bits per heavy atom. The van der Waals surface area contributed by atoms with Gasteiger partial charge in [-0.1, -0.05) is 0 Å². The average Bonchev–Trinajstić information content (AvgIpc) is 2.93. The highest BCUT2D eigenvalue weighted by Gasteiger charge is 2.11. The molecule has 4 aromatic rings. The van der Waals surface area contributed by atoms with Gasteiger partial charge in [0.15, 0.2) is 17.3 Å². The van der Waals surface area contributed by atoms with E-state index < -0.39 is 0 Å². The molecule has 2 heterocycles. The molecule has 182 valence electrons. The molecule has 0 saturated carbocycles. The van der Waals surface area contributed by atoms with Crippen molar-refractivity contribution in [3.05, 3.63) is 96.3 Å². The van der Waals surface area contributed by atoms with E-state index in [9.17, 15) is 4.79 Å². The molecule has 0 amide bonds. The van der Waals surface area contributed by atoms with Crippen LogP contribution in [0.2, 0.25) is 0 Å². The van der Waals surface area contributed by atoms with Gasteiger partial charge >= 0.3 is 0 Å². The molecule has 0 aliphatic rings. The van der Waals surface area contributed by atoms with E-state index in [1.54, 1.807) is 51.9 Å². The number of benzene rings is 2. The largest absolute Gasteiger partial charge is 0.497 e. The Labute approximate surface area is 209 Å². The van der Waals surface area contributed by atoms with Crippen LogP contribution in [0.4, 0.5) is 23.0 Å². The lowest BCUT2D eigenvalue weighted by atomic mass is 10.1. The number of hydrogen-bond donors (Lipinski definition) is 2. The Hall–Kier alpha value is -4.85. The second-order valence-corrected chi connectivity index (χ2v) is 7.59. The van der Waals surface area contributed by atoms with Crippen LogP contribution in [-0.2, 0) is 0 Å². The molecule has 0 aliphatic heterocycles. The first kappa shape index (κ1) is 24.3. The van der Waals surface area contributed by atoms with Crippen molar-refractivity contribution in [3.8, 4) is 17.2 Å². The summed E-state index contributed by atoms with van der Waals surface area (Å²) in [7, 11) is 4.78. The van der Waals surface area contributed by atoms with Crippen molar-refractivity contribution in [3.63, 3.8) is 0 Å². The first-order valence-electron chi connectivity index (χ1n) is 11.1. The number of ketones is 1. The molecule has 0 bridgehead atoms. The van der Waals surface area contributed by atoms with Crippen LogP contribution >= 0.6 is 0 Å². The second kappa shape index (κ2) is 11.5. The second-order valence-electron chi connectivity index (χ2n) is 7.59. The SMILES string of the molecule is COc1ccc(Nc2ncccc2C(=O)C=Cc2cccnc2Nc2ccc(OC)c(OC)c2)cc1. The minimum absolute atomic E-state index is 0.194. The molecule has 0 radical (unpaired) electrons. The van der Waals surface area contributed by atoms with Crippen LogP contribution in [0.15, 0.2) is 85.2 Å². The van der Waals surface area contributed by atoms with E-state index in [1.165, 1.54) is 6.08 Å². The summed E-state index contributed by atoms with van der Waals surface area (Å²) in [6, 6.07) is 20.0. The number of ether oxygens (including phenoxy) is 3. The summed E-state index contributed by atoms with van der Waals surface area (Å²) in [6.45, 7) is 0. The molecule has 8 nitrogen and oxygen atoms in total. The Balaban J connectivity index is 1.53. The van der Waals surface area contributed by atoms with Crippen molar-refractivity contribution >= 4 is 34.9 Å². The zero-order valence-electron chi connectivity index (χ0n) is 20.2. The van der Waals surface area contributed by atoms with E-state index in [1.807, 2.05) is 54.6 Å². The van der Waals surface area contributed by atoms with Crippen LogP contribution in [0.1, 0.15) is 15.9 Å². The fraction of sp³-hybridized carbons (Fsp3) is 0.107. The number of anilines is 4.